The number of aliphatic hydroxyl groups is 1. The summed E-state index contributed by atoms with van der Waals surface area (Å²) >= 11 is 1.65. The van der Waals surface area contributed by atoms with E-state index in [2.05, 4.69) is 11.0 Å². The van der Waals surface area contributed by atoms with Crippen LogP contribution >= 0.6 is 11.3 Å². The van der Waals surface area contributed by atoms with Gasteiger partial charge >= 0.3 is 0 Å². The van der Waals surface area contributed by atoms with Crippen molar-refractivity contribution < 1.29 is 5.11 Å². The van der Waals surface area contributed by atoms with Crippen LogP contribution in [0.25, 0.3) is 21.6 Å². The molecule has 0 radical (unpaired) electrons. The number of hydrogen-bond acceptors (Lipinski definition) is 5. The van der Waals surface area contributed by atoms with E-state index < -0.39 is 0 Å². The molecule has 0 saturated carbocycles. The van der Waals surface area contributed by atoms with E-state index in [1.165, 1.54) is 0 Å². The predicted octanol–water partition coefficient (Wildman–Crippen LogP) is 3.32. The Morgan fingerprint density at radius 3 is 2.86 bits per heavy atom. The lowest BCUT2D eigenvalue weighted by Gasteiger charge is -2.31. The minimum Gasteiger partial charge on any atom is -0.391 e. The van der Waals surface area contributed by atoms with E-state index in [9.17, 15) is 5.11 Å². The molecule has 3 aromatic rings. The van der Waals surface area contributed by atoms with Gasteiger partial charge in [-0.2, -0.15) is 0 Å². The summed E-state index contributed by atoms with van der Waals surface area (Å²) in [5.74, 6) is 1.71. The molecule has 1 atom stereocenters. The summed E-state index contributed by atoms with van der Waals surface area (Å²) in [6.45, 7) is 1.58. The summed E-state index contributed by atoms with van der Waals surface area (Å²) in [6, 6.07) is 12.2. The van der Waals surface area contributed by atoms with Gasteiger partial charge in [-0.25, -0.2) is 9.97 Å². The molecule has 4 nitrogen and oxygen atoms in total. The van der Waals surface area contributed by atoms with Crippen LogP contribution in [0.4, 0.5) is 5.82 Å². The number of benzene rings is 1. The minimum absolute atomic E-state index is 0.271. The van der Waals surface area contributed by atoms with Crippen LogP contribution in [0.1, 0.15) is 12.8 Å². The highest BCUT2D eigenvalue weighted by Crippen LogP contribution is 2.30. The molecule has 4 rings (SSSR count). The number of para-hydroxylation sites is 1. The molecule has 1 aliphatic heterocycles. The first kappa shape index (κ1) is 13.7. The second-order valence-corrected chi connectivity index (χ2v) is 6.56. The van der Waals surface area contributed by atoms with Gasteiger partial charge in [-0.3, -0.25) is 0 Å². The first-order valence-electron chi connectivity index (χ1n) is 7.55. The number of piperidine rings is 1. The van der Waals surface area contributed by atoms with Crippen LogP contribution in [0.2, 0.25) is 0 Å². The van der Waals surface area contributed by atoms with Gasteiger partial charge in [0.05, 0.1) is 16.5 Å². The number of hydrogen-bond donors (Lipinski definition) is 1. The molecular formula is C17H17N3OS. The standard InChI is InChI=1S/C17H17N3OS/c21-12-5-3-9-20(11-12)17-13-6-1-2-7-14(13)18-16(19-17)15-8-4-10-22-15/h1-2,4,6-8,10,12,21H,3,5,9,11H2/t12-/m0/s1. The fourth-order valence-corrected chi connectivity index (χ4v) is 3.62. The summed E-state index contributed by atoms with van der Waals surface area (Å²) in [5, 5.41) is 13.1. The number of aromatic nitrogens is 2. The highest BCUT2D eigenvalue weighted by atomic mass is 32.1. The van der Waals surface area contributed by atoms with Gasteiger partial charge in [0.25, 0.3) is 0 Å². The van der Waals surface area contributed by atoms with Gasteiger partial charge in [0.1, 0.15) is 5.82 Å². The molecule has 0 unspecified atom stereocenters. The number of aliphatic hydroxyl groups excluding tert-OH is 1. The number of fused-ring (bicyclic) bond motifs is 1. The van der Waals surface area contributed by atoms with Crippen LogP contribution in [-0.2, 0) is 0 Å². The van der Waals surface area contributed by atoms with Crippen molar-refractivity contribution in [2.24, 2.45) is 0 Å². The second-order valence-electron chi connectivity index (χ2n) is 5.61. The number of thiophene rings is 1. The zero-order chi connectivity index (χ0) is 14.9. The minimum atomic E-state index is -0.271. The van der Waals surface area contributed by atoms with Gasteiger partial charge in [-0.15, -0.1) is 11.3 Å². The molecule has 0 aliphatic carbocycles. The fraction of sp³-hybridized carbons (Fsp3) is 0.294. The lowest BCUT2D eigenvalue weighted by molar-refractivity contribution is 0.154. The summed E-state index contributed by atoms with van der Waals surface area (Å²) in [5.41, 5.74) is 0.955. The first-order valence-corrected chi connectivity index (χ1v) is 8.43. The lowest BCUT2D eigenvalue weighted by Crippen LogP contribution is -2.38. The average molecular weight is 311 g/mol. The third-order valence-electron chi connectivity index (χ3n) is 4.02. The van der Waals surface area contributed by atoms with Crippen molar-refractivity contribution in [2.75, 3.05) is 18.0 Å². The van der Waals surface area contributed by atoms with E-state index in [0.717, 1.165) is 46.8 Å². The van der Waals surface area contributed by atoms with Gasteiger partial charge in [-0.05, 0) is 36.4 Å². The monoisotopic (exact) mass is 311 g/mol. The van der Waals surface area contributed by atoms with Crippen LogP contribution in [0.5, 0.6) is 0 Å². The second kappa shape index (κ2) is 5.66. The van der Waals surface area contributed by atoms with E-state index >= 15 is 0 Å². The molecule has 2 aromatic heterocycles. The molecular weight excluding hydrogens is 294 g/mol. The van der Waals surface area contributed by atoms with Crippen LogP contribution in [0.15, 0.2) is 41.8 Å². The van der Waals surface area contributed by atoms with Gasteiger partial charge in [0.15, 0.2) is 5.82 Å². The molecule has 0 amide bonds. The number of β-amino-alcohol motifs (C(OH)–C–C–N with tert-alkyl or cyclic N) is 1. The topological polar surface area (TPSA) is 49.2 Å². The Morgan fingerprint density at radius 2 is 2.05 bits per heavy atom. The fourth-order valence-electron chi connectivity index (χ4n) is 2.96. The van der Waals surface area contributed by atoms with Crippen LogP contribution in [0.3, 0.4) is 0 Å². The smallest absolute Gasteiger partial charge is 0.172 e. The van der Waals surface area contributed by atoms with Gasteiger partial charge in [-0.1, -0.05) is 18.2 Å². The Hall–Kier alpha value is -1.98. The molecule has 1 aliphatic rings. The van der Waals surface area contributed by atoms with E-state index in [-0.39, 0.29) is 6.10 Å². The van der Waals surface area contributed by atoms with Crippen molar-refractivity contribution in [3.05, 3.63) is 41.8 Å². The van der Waals surface area contributed by atoms with E-state index in [4.69, 9.17) is 9.97 Å². The van der Waals surface area contributed by atoms with Crippen molar-refractivity contribution >= 4 is 28.1 Å². The Balaban J connectivity index is 1.87. The Bertz CT molecular complexity index is 788. The summed E-state index contributed by atoms with van der Waals surface area (Å²) in [4.78, 5) is 12.8. The van der Waals surface area contributed by atoms with Crippen molar-refractivity contribution in [3.8, 4) is 10.7 Å². The maximum atomic E-state index is 9.98. The molecule has 1 fully saturated rings. The van der Waals surface area contributed by atoms with Gasteiger partial charge in [0, 0.05) is 18.5 Å². The Kier molecular flexibility index (Phi) is 3.52. The number of anilines is 1. The quantitative estimate of drug-likeness (QED) is 0.789. The molecule has 1 saturated heterocycles. The largest absolute Gasteiger partial charge is 0.391 e. The maximum absolute atomic E-state index is 9.98. The number of rotatable bonds is 2. The Morgan fingerprint density at radius 1 is 1.14 bits per heavy atom. The van der Waals surface area contributed by atoms with E-state index in [1.807, 2.05) is 35.7 Å². The van der Waals surface area contributed by atoms with E-state index in [1.54, 1.807) is 11.3 Å². The van der Waals surface area contributed by atoms with Gasteiger partial charge in [0.2, 0.25) is 0 Å². The normalized spacial score (nSPS) is 18.8. The zero-order valence-corrected chi connectivity index (χ0v) is 13.0. The molecule has 22 heavy (non-hydrogen) atoms. The third kappa shape index (κ3) is 2.46. The number of nitrogens with zero attached hydrogens (tertiary/aromatic N) is 3. The molecule has 3 heterocycles. The third-order valence-corrected chi connectivity index (χ3v) is 4.89. The molecule has 0 spiro atoms. The molecule has 1 N–H and O–H groups in total. The summed E-state index contributed by atoms with van der Waals surface area (Å²) < 4.78 is 0. The first-order chi connectivity index (χ1) is 10.8. The highest BCUT2D eigenvalue weighted by molar-refractivity contribution is 7.13. The van der Waals surface area contributed by atoms with Crippen LogP contribution in [0, 0.1) is 0 Å². The molecule has 112 valence electrons. The van der Waals surface area contributed by atoms with Crippen molar-refractivity contribution in [3.63, 3.8) is 0 Å². The molecule has 1 aromatic carbocycles. The summed E-state index contributed by atoms with van der Waals surface area (Å²) in [7, 11) is 0. The maximum Gasteiger partial charge on any atom is 0.172 e. The zero-order valence-electron chi connectivity index (χ0n) is 12.1. The lowest BCUT2D eigenvalue weighted by atomic mass is 10.1. The van der Waals surface area contributed by atoms with Crippen LogP contribution in [-0.4, -0.2) is 34.3 Å². The van der Waals surface area contributed by atoms with Crippen molar-refractivity contribution in [1.82, 2.24) is 9.97 Å². The predicted molar refractivity (Wildman–Crippen MR) is 90.3 cm³/mol. The van der Waals surface area contributed by atoms with E-state index in [0.29, 0.717) is 6.54 Å². The van der Waals surface area contributed by atoms with Crippen molar-refractivity contribution in [2.45, 2.75) is 18.9 Å². The highest BCUT2D eigenvalue weighted by Gasteiger charge is 2.22. The van der Waals surface area contributed by atoms with Crippen LogP contribution < -0.4 is 4.90 Å². The van der Waals surface area contributed by atoms with Gasteiger partial charge < -0.3 is 10.0 Å². The SMILES string of the molecule is O[C@H]1CCCN(c2nc(-c3cccs3)nc3ccccc23)C1. The Labute approximate surface area is 133 Å². The molecule has 5 heteroatoms. The average Bonchev–Trinajstić information content (AvgIpc) is 3.08. The molecule has 0 bridgehead atoms. The summed E-state index contributed by atoms with van der Waals surface area (Å²) in [6.07, 6.45) is 1.60. The van der Waals surface area contributed by atoms with Crippen molar-refractivity contribution in [1.29, 1.82) is 0 Å².